The standard InChI is InChI=1S/C19H25N5O/c1-13-20-18(23-22-13)17-7-2-3-12-24(17)19(25)21-16-10-8-15(9-11-16)14-5-4-6-14/h8-11,14,17H,2-7,12H2,1H3,(H,21,25)(H,20,22,23)/t17-/m0/s1. The number of carbonyl (C=O) groups excluding carboxylic acids is 1. The van der Waals surface area contributed by atoms with E-state index in [9.17, 15) is 4.79 Å². The number of H-pyrrole nitrogens is 1. The van der Waals surface area contributed by atoms with Crippen molar-refractivity contribution in [2.45, 2.75) is 57.4 Å². The molecule has 25 heavy (non-hydrogen) atoms. The van der Waals surface area contributed by atoms with E-state index in [0.29, 0.717) is 11.7 Å². The number of rotatable bonds is 3. The van der Waals surface area contributed by atoms with Crippen LogP contribution in [-0.4, -0.2) is 32.7 Å². The highest BCUT2D eigenvalue weighted by atomic mass is 16.2. The second-order valence-electron chi connectivity index (χ2n) is 7.16. The molecule has 1 aliphatic heterocycles. The van der Waals surface area contributed by atoms with E-state index in [-0.39, 0.29) is 12.1 Å². The van der Waals surface area contributed by atoms with Gasteiger partial charge in [-0.25, -0.2) is 9.78 Å². The second-order valence-corrected chi connectivity index (χ2v) is 7.16. The summed E-state index contributed by atoms with van der Waals surface area (Å²) in [5, 5.41) is 10.2. The molecule has 2 amide bonds. The fraction of sp³-hybridized carbons (Fsp3) is 0.526. The first-order valence-corrected chi connectivity index (χ1v) is 9.27. The quantitative estimate of drug-likeness (QED) is 0.882. The number of benzene rings is 1. The van der Waals surface area contributed by atoms with Crippen molar-refractivity contribution in [1.29, 1.82) is 0 Å². The SMILES string of the molecule is Cc1nc([C@@H]2CCCCN2C(=O)Nc2ccc(C3CCC3)cc2)n[nH]1. The van der Waals surface area contributed by atoms with Crippen molar-refractivity contribution in [2.24, 2.45) is 0 Å². The maximum atomic E-state index is 12.8. The Balaban J connectivity index is 1.45. The van der Waals surface area contributed by atoms with E-state index in [1.807, 2.05) is 24.0 Å². The van der Waals surface area contributed by atoms with Crippen molar-refractivity contribution < 1.29 is 4.79 Å². The van der Waals surface area contributed by atoms with Gasteiger partial charge >= 0.3 is 6.03 Å². The van der Waals surface area contributed by atoms with E-state index in [4.69, 9.17) is 0 Å². The number of hydrogen-bond acceptors (Lipinski definition) is 3. The summed E-state index contributed by atoms with van der Waals surface area (Å²) in [7, 11) is 0. The topological polar surface area (TPSA) is 73.9 Å². The van der Waals surface area contributed by atoms with E-state index in [1.54, 1.807) is 0 Å². The Labute approximate surface area is 148 Å². The van der Waals surface area contributed by atoms with Crippen LogP contribution in [0.4, 0.5) is 10.5 Å². The average Bonchev–Trinajstić information content (AvgIpc) is 3.01. The van der Waals surface area contributed by atoms with Crippen molar-refractivity contribution in [2.75, 3.05) is 11.9 Å². The van der Waals surface area contributed by atoms with Crippen LogP contribution in [0.1, 0.15) is 67.7 Å². The van der Waals surface area contributed by atoms with Crippen LogP contribution in [-0.2, 0) is 0 Å². The molecule has 132 valence electrons. The molecule has 2 heterocycles. The number of anilines is 1. The van der Waals surface area contributed by atoms with Gasteiger partial charge in [0, 0.05) is 12.2 Å². The summed E-state index contributed by atoms with van der Waals surface area (Å²) in [5.74, 6) is 2.21. The summed E-state index contributed by atoms with van der Waals surface area (Å²) in [5.41, 5.74) is 2.24. The largest absolute Gasteiger partial charge is 0.322 e. The molecule has 0 spiro atoms. The monoisotopic (exact) mass is 339 g/mol. The van der Waals surface area contributed by atoms with Crippen LogP contribution in [0.25, 0.3) is 0 Å². The lowest BCUT2D eigenvalue weighted by Gasteiger charge is -2.34. The van der Waals surface area contributed by atoms with Gasteiger partial charge in [0.25, 0.3) is 0 Å². The zero-order chi connectivity index (χ0) is 17.2. The first kappa shape index (κ1) is 16.1. The zero-order valence-electron chi connectivity index (χ0n) is 14.7. The molecular formula is C19H25N5O. The summed E-state index contributed by atoms with van der Waals surface area (Å²) < 4.78 is 0. The Kier molecular flexibility index (Phi) is 4.42. The lowest BCUT2D eigenvalue weighted by atomic mass is 9.80. The van der Waals surface area contributed by atoms with E-state index in [0.717, 1.165) is 37.3 Å². The van der Waals surface area contributed by atoms with Crippen molar-refractivity contribution in [1.82, 2.24) is 20.1 Å². The third kappa shape index (κ3) is 3.38. The number of likely N-dealkylation sites (tertiary alicyclic amines) is 1. The van der Waals surface area contributed by atoms with Crippen LogP contribution < -0.4 is 5.32 Å². The molecular weight excluding hydrogens is 314 g/mol. The number of carbonyl (C=O) groups is 1. The number of piperidine rings is 1. The van der Waals surface area contributed by atoms with Gasteiger partial charge < -0.3 is 10.2 Å². The Hall–Kier alpha value is -2.37. The van der Waals surface area contributed by atoms with Gasteiger partial charge in [0.05, 0.1) is 6.04 Å². The first-order valence-electron chi connectivity index (χ1n) is 9.27. The molecule has 1 saturated carbocycles. The van der Waals surface area contributed by atoms with Gasteiger partial charge in [0.2, 0.25) is 0 Å². The minimum atomic E-state index is -0.0662. The molecule has 2 fully saturated rings. The van der Waals surface area contributed by atoms with Gasteiger partial charge in [-0.05, 0) is 62.6 Å². The number of aromatic nitrogens is 3. The van der Waals surface area contributed by atoms with Crippen LogP contribution in [0, 0.1) is 6.92 Å². The van der Waals surface area contributed by atoms with Crippen molar-refractivity contribution in [3.8, 4) is 0 Å². The maximum Gasteiger partial charge on any atom is 0.322 e. The van der Waals surface area contributed by atoms with Crippen molar-refractivity contribution in [3.05, 3.63) is 41.5 Å². The van der Waals surface area contributed by atoms with E-state index in [1.165, 1.54) is 24.8 Å². The molecule has 1 aliphatic carbocycles. The highest BCUT2D eigenvalue weighted by molar-refractivity contribution is 5.89. The van der Waals surface area contributed by atoms with Crippen molar-refractivity contribution in [3.63, 3.8) is 0 Å². The minimum Gasteiger partial charge on any atom is -0.314 e. The molecule has 2 N–H and O–H groups in total. The third-order valence-corrected chi connectivity index (χ3v) is 5.41. The molecule has 0 unspecified atom stereocenters. The molecule has 0 bridgehead atoms. The number of amides is 2. The number of hydrogen-bond donors (Lipinski definition) is 2. The zero-order valence-corrected chi connectivity index (χ0v) is 14.7. The summed E-state index contributed by atoms with van der Waals surface area (Å²) in [6.45, 7) is 2.62. The van der Waals surface area contributed by atoms with E-state index >= 15 is 0 Å². The average molecular weight is 339 g/mol. The molecule has 6 nitrogen and oxygen atoms in total. The second kappa shape index (κ2) is 6.86. The highest BCUT2D eigenvalue weighted by Crippen LogP contribution is 2.36. The van der Waals surface area contributed by atoms with Crippen LogP contribution in [0.3, 0.4) is 0 Å². The third-order valence-electron chi connectivity index (χ3n) is 5.41. The minimum absolute atomic E-state index is 0.0482. The van der Waals surface area contributed by atoms with Gasteiger partial charge in [0.15, 0.2) is 5.82 Å². The fourth-order valence-corrected chi connectivity index (χ4v) is 3.73. The molecule has 2 aromatic rings. The number of urea groups is 1. The lowest BCUT2D eigenvalue weighted by molar-refractivity contribution is 0.159. The molecule has 2 aliphatic rings. The molecule has 0 radical (unpaired) electrons. The normalized spacial score (nSPS) is 21.0. The number of aromatic amines is 1. The summed E-state index contributed by atoms with van der Waals surface area (Å²) >= 11 is 0. The van der Waals surface area contributed by atoms with E-state index in [2.05, 4.69) is 32.6 Å². The summed E-state index contributed by atoms with van der Waals surface area (Å²) in [6.07, 6.45) is 6.94. The Morgan fingerprint density at radius 1 is 1.16 bits per heavy atom. The van der Waals surface area contributed by atoms with Crippen LogP contribution in [0.5, 0.6) is 0 Å². The van der Waals surface area contributed by atoms with Crippen molar-refractivity contribution >= 4 is 11.7 Å². The number of nitrogens with one attached hydrogen (secondary N) is 2. The molecule has 1 atom stereocenters. The van der Waals surface area contributed by atoms with Gasteiger partial charge in [-0.1, -0.05) is 18.6 Å². The predicted molar refractivity (Wildman–Crippen MR) is 96.5 cm³/mol. The Bertz CT molecular complexity index is 735. The smallest absolute Gasteiger partial charge is 0.314 e. The van der Waals surface area contributed by atoms with Gasteiger partial charge in [-0.15, -0.1) is 0 Å². The van der Waals surface area contributed by atoms with Gasteiger partial charge in [-0.3, -0.25) is 5.10 Å². The predicted octanol–water partition coefficient (Wildman–Crippen LogP) is 4.14. The molecule has 1 aromatic heterocycles. The Morgan fingerprint density at radius 3 is 2.60 bits per heavy atom. The first-order chi connectivity index (χ1) is 12.2. The molecule has 4 rings (SSSR count). The van der Waals surface area contributed by atoms with Gasteiger partial charge in [0.1, 0.15) is 5.82 Å². The number of nitrogens with zero attached hydrogens (tertiary/aromatic N) is 3. The van der Waals surface area contributed by atoms with E-state index < -0.39 is 0 Å². The van der Waals surface area contributed by atoms with Gasteiger partial charge in [-0.2, -0.15) is 5.10 Å². The lowest BCUT2D eigenvalue weighted by Crippen LogP contribution is -2.41. The van der Waals surface area contributed by atoms with Crippen LogP contribution >= 0.6 is 0 Å². The van der Waals surface area contributed by atoms with Crippen LogP contribution in [0.2, 0.25) is 0 Å². The highest BCUT2D eigenvalue weighted by Gasteiger charge is 2.30. The maximum absolute atomic E-state index is 12.8. The summed E-state index contributed by atoms with van der Waals surface area (Å²) in [4.78, 5) is 19.1. The Morgan fingerprint density at radius 2 is 1.96 bits per heavy atom. The number of aryl methyl sites for hydroxylation is 1. The van der Waals surface area contributed by atoms with Crippen LogP contribution in [0.15, 0.2) is 24.3 Å². The summed E-state index contributed by atoms with van der Waals surface area (Å²) in [6, 6.07) is 8.21. The fourth-order valence-electron chi connectivity index (χ4n) is 3.73. The molecule has 1 aromatic carbocycles. The molecule has 1 saturated heterocycles. The molecule has 6 heteroatoms.